The van der Waals surface area contributed by atoms with Crippen LogP contribution in [-0.4, -0.2) is 12.6 Å². The van der Waals surface area contributed by atoms with Gasteiger partial charge in [-0.2, -0.15) is 0 Å². The number of carbonyl (C=O) groups excluding carboxylic acids is 1. The quantitative estimate of drug-likeness (QED) is 0.715. The fourth-order valence-electron chi connectivity index (χ4n) is 2.49. The van der Waals surface area contributed by atoms with Crippen molar-refractivity contribution in [2.75, 3.05) is 6.61 Å². The molecule has 3 nitrogen and oxygen atoms in total. The molecule has 0 unspecified atom stereocenters. The molecule has 22 heavy (non-hydrogen) atoms. The molecule has 0 aliphatic carbocycles. The summed E-state index contributed by atoms with van der Waals surface area (Å²) in [6, 6.07) is 4.25. The summed E-state index contributed by atoms with van der Waals surface area (Å²) in [6.45, 7) is 15.1. The van der Waals surface area contributed by atoms with Crippen LogP contribution < -0.4 is 0 Å². The van der Waals surface area contributed by atoms with Crippen molar-refractivity contribution in [2.24, 2.45) is 0 Å². The molecule has 1 aromatic carbocycles. The van der Waals surface area contributed by atoms with E-state index in [0.29, 0.717) is 12.2 Å². The predicted molar refractivity (Wildman–Crippen MR) is 89.6 cm³/mol. The van der Waals surface area contributed by atoms with Crippen molar-refractivity contribution in [1.82, 2.24) is 0 Å². The van der Waals surface area contributed by atoms with Gasteiger partial charge in [-0.15, -0.1) is 0 Å². The highest BCUT2D eigenvalue weighted by atomic mass is 16.5. The molecule has 0 bridgehead atoms. The Labute approximate surface area is 132 Å². The third-order valence-electron chi connectivity index (χ3n) is 3.84. The van der Waals surface area contributed by atoms with E-state index < -0.39 is 0 Å². The molecule has 3 heteroatoms. The van der Waals surface area contributed by atoms with Gasteiger partial charge in [0.1, 0.15) is 17.4 Å². The third kappa shape index (κ3) is 3.03. The number of furan rings is 1. The van der Waals surface area contributed by atoms with Gasteiger partial charge >= 0.3 is 5.97 Å². The number of rotatable bonds is 2. The minimum atomic E-state index is -0.327. The lowest BCUT2D eigenvalue weighted by Crippen LogP contribution is -2.16. The van der Waals surface area contributed by atoms with Crippen LogP contribution in [0.3, 0.4) is 0 Å². The summed E-state index contributed by atoms with van der Waals surface area (Å²) < 4.78 is 10.9. The van der Waals surface area contributed by atoms with Gasteiger partial charge in [0.05, 0.1) is 6.61 Å². The van der Waals surface area contributed by atoms with E-state index in [1.165, 1.54) is 11.8 Å². The minimum Gasteiger partial charge on any atom is -0.463 e. The molecule has 2 rings (SSSR count). The molecule has 0 saturated heterocycles. The van der Waals surface area contributed by atoms with Gasteiger partial charge in [-0.25, -0.2) is 4.79 Å². The summed E-state index contributed by atoms with van der Waals surface area (Å²) in [4.78, 5) is 12.2. The van der Waals surface area contributed by atoms with Crippen molar-refractivity contribution in [3.05, 3.63) is 35.1 Å². The molecule has 120 valence electrons. The highest BCUT2D eigenvalue weighted by molar-refractivity contribution is 6.04. The zero-order chi connectivity index (χ0) is 16.7. The Morgan fingerprint density at radius 2 is 1.73 bits per heavy atom. The summed E-state index contributed by atoms with van der Waals surface area (Å²) in [7, 11) is 0. The lowest BCUT2D eigenvalue weighted by molar-refractivity contribution is 0.0527. The fraction of sp³-hybridized carbons (Fsp3) is 0.526. The molecule has 0 atom stereocenters. The van der Waals surface area contributed by atoms with Crippen LogP contribution in [0.2, 0.25) is 0 Å². The van der Waals surface area contributed by atoms with E-state index >= 15 is 0 Å². The lowest BCUT2D eigenvalue weighted by atomic mass is 9.79. The number of fused-ring (bicyclic) bond motifs is 1. The molecule has 2 aromatic rings. The van der Waals surface area contributed by atoms with Gasteiger partial charge in [0, 0.05) is 10.9 Å². The van der Waals surface area contributed by atoms with Gasteiger partial charge in [0.2, 0.25) is 0 Å². The summed E-state index contributed by atoms with van der Waals surface area (Å²) in [5.41, 5.74) is 3.53. The highest BCUT2D eigenvalue weighted by Crippen LogP contribution is 2.37. The normalized spacial score (nSPS) is 12.7. The molecule has 0 aliphatic heterocycles. The Bertz CT molecular complexity index is 694. The second-order valence-corrected chi connectivity index (χ2v) is 7.77. The van der Waals surface area contributed by atoms with Gasteiger partial charge in [-0.1, -0.05) is 47.6 Å². The smallest absolute Gasteiger partial charge is 0.342 e. The van der Waals surface area contributed by atoms with Gasteiger partial charge in [-0.05, 0) is 29.4 Å². The summed E-state index contributed by atoms with van der Waals surface area (Å²) in [5, 5.41) is 0.843. The van der Waals surface area contributed by atoms with Gasteiger partial charge in [0.15, 0.2) is 0 Å². The van der Waals surface area contributed by atoms with Gasteiger partial charge in [-0.3, -0.25) is 0 Å². The molecule has 0 saturated carbocycles. The number of benzene rings is 1. The number of hydrogen-bond acceptors (Lipinski definition) is 3. The lowest BCUT2D eigenvalue weighted by Gasteiger charge is -2.25. The fourth-order valence-corrected chi connectivity index (χ4v) is 2.49. The molecule has 0 amide bonds. The Morgan fingerprint density at radius 3 is 2.23 bits per heavy atom. The van der Waals surface area contributed by atoms with E-state index in [4.69, 9.17) is 9.15 Å². The van der Waals surface area contributed by atoms with Crippen molar-refractivity contribution >= 4 is 16.9 Å². The monoisotopic (exact) mass is 302 g/mol. The van der Waals surface area contributed by atoms with Crippen molar-refractivity contribution in [1.29, 1.82) is 0 Å². The van der Waals surface area contributed by atoms with E-state index in [0.717, 1.165) is 16.5 Å². The van der Waals surface area contributed by atoms with Crippen LogP contribution in [0.1, 0.15) is 70.0 Å². The Hall–Kier alpha value is -1.77. The van der Waals surface area contributed by atoms with E-state index in [1.54, 1.807) is 6.92 Å². The number of ether oxygens (including phenoxy) is 1. The second kappa shape index (κ2) is 5.45. The van der Waals surface area contributed by atoms with Crippen LogP contribution in [-0.2, 0) is 15.6 Å². The predicted octanol–water partition coefficient (Wildman–Crippen LogP) is 5.20. The minimum absolute atomic E-state index is 0.00259. The van der Waals surface area contributed by atoms with Crippen molar-refractivity contribution in [3.63, 3.8) is 0 Å². The number of esters is 1. The maximum atomic E-state index is 12.2. The molecule has 0 spiro atoms. The van der Waals surface area contributed by atoms with E-state index in [-0.39, 0.29) is 16.8 Å². The number of hydrogen-bond donors (Lipinski definition) is 0. The average molecular weight is 302 g/mol. The average Bonchev–Trinajstić information content (AvgIpc) is 2.79. The van der Waals surface area contributed by atoms with Gasteiger partial charge < -0.3 is 9.15 Å². The zero-order valence-corrected chi connectivity index (χ0v) is 14.7. The summed E-state index contributed by atoms with van der Waals surface area (Å²) in [6.07, 6.45) is 1.52. The standard InChI is InChI=1S/C19H26O3/c1-8-21-17(20)14-11-22-16-13(14)9-12(18(2,3)4)10-15(16)19(5,6)7/h9-11H,8H2,1-7H3. The Morgan fingerprint density at radius 1 is 1.09 bits per heavy atom. The molecule has 0 aliphatic rings. The Balaban J connectivity index is 2.77. The first kappa shape index (κ1) is 16.6. The van der Waals surface area contributed by atoms with Crippen LogP contribution in [0, 0.1) is 0 Å². The highest BCUT2D eigenvalue weighted by Gasteiger charge is 2.26. The van der Waals surface area contributed by atoms with Crippen molar-refractivity contribution < 1.29 is 13.9 Å². The molecule has 0 N–H and O–H groups in total. The maximum Gasteiger partial charge on any atom is 0.342 e. The first-order chi connectivity index (χ1) is 10.1. The topological polar surface area (TPSA) is 39.4 Å². The van der Waals surface area contributed by atoms with Crippen LogP contribution >= 0.6 is 0 Å². The Kier molecular flexibility index (Phi) is 4.12. The van der Waals surface area contributed by atoms with Crippen molar-refractivity contribution in [3.8, 4) is 0 Å². The molecular formula is C19H26O3. The molecule has 0 fully saturated rings. The van der Waals surface area contributed by atoms with E-state index in [2.05, 4.69) is 53.7 Å². The zero-order valence-electron chi connectivity index (χ0n) is 14.7. The first-order valence-corrected chi connectivity index (χ1v) is 7.79. The molecule has 1 aromatic heterocycles. The van der Waals surface area contributed by atoms with E-state index in [1.807, 2.05) is 0 Å². The van der Waals surface area contributed by atoms with Crippen LogP contribution in [0.15, 0.2) is 22.8 Å². The van der Waals surface area contributed by atoms with E-state index in [9.17, 15) is 4.79 Å². The van der Waals surface area contributed by atoms with Gasteiger partial charge in [0.25, 0.3) is 0 Å². The molecule has 1 heterocycles. The first-order valence-electron chi connectivity index (χ1n) is 7.79. The maximum absolute atomic E-state index is 12.2. The van der Waals surface area contributed by atoms with Crippen molar-refractivity contribution in [2.45, 2.75) is 59.3 Å². The molecular weight excluding hydrogens is 276 g/mol. The third-order valence-corrected chi connectivity index (χ3v) is 3.84. The number of carbonyl (C=O) groups is 1. The second-order valence-electron chi connectivity index (χ2n) is 7.77. The largest absolute Gasteiger partial charge is 0.463 e. The van der Waals surface area contributed by atoms with Crippen LogP contribution in [0.25, 0.3) is 11.0 Å². The molecule has 0 radical (unpaired) electrons. The summed E-state index contributed by atoms with van der Waals surface area (Å²) >= 11 is 0. The van der Waals surface area contributed by atoms with Crippen LogP contribution in [0.4, 0.5) is 0 Å². The van der Waals surface area contributed by atoms with Crippen LogP contribution in [0.5, 0.6) is 0 Å². The summed E-state index contributed by atoms with van der Waals surface area (Å²) in [5.74, 6) is -0.327. The SMILES string of the molecule is CCOC(=O)c1coc2c(C(C)(C)C)cc(C(C)(C)C)cc12.